The minimum atomic E-state index is -0.720. The molecule has 1 unspecified atom stereocenters. The third kappa shape index (κ3) is 1.80. The van der Waals surface area contributed by atoms with Crippen molar-refractivity contribution in [2.24, 2.45) is 5.92 Å². The van der Waals surface area contributed by atoms with Gasteiger partial charge in [-0.2, -0.15) is 0 Å². The van der Waals surface area contributed by atoms with Crippen molar-refractivity contribution in [1.29, 1.82) is 0 Å². The molecule has 1 aliphatic rings. The fourth-order valence-corrected chi connectivity index (χ4v) is 1.47. The molecular formula is C7H10ClN3O2. The molecule has 0 aliphatic carbocycles. The van der Waals surface area contributed by atoms with Crippen molar-refractivity contribution in [2.45, 2.75) is 19.4 Å². The van der Waals surface area contributed by atoms with Crippen LogP contribution in [0.4, 0.5) is 0 Å². The zero-order valence-electron chi connectivity index (χ0n) is 6.88. The molecule has 2 rings (SSSR count). The highest BCUT2D eigenvalue weighted by Crippen LogP contribution is 2.18. The summed E-state index contributed by atoms with van der Waals surface area (Å²) in [6.07, 6.45) is 2.85. The second-order valence-electron chi connectivity index (χ2n) is 2.98. The SMILES string of the molecule is Cl.O=C(O)C1CCn2nncc2C1. The van der Waals surface area contributed by atoms with Crippen LogP contribution in [0.1, 0.15) is 12.1 Å². The van der Waals surface area contributed by atoms with Crippen molar-refractivity contribution in [2.75, 3.05) is 0 Å². The number of nitrogens with zero attached hydrogens (tertiary/aromatic N) is 3. The van der Waals surface area contributed by atoms with Crippen molar-refractivity contribution in [3.63, 3.8) is 0 Å². The van der Waals surface area contributed by atoms with E-state index in [0.29, 0.717) is 19.4 Å². The topological polar surface area (TPSA) is 68.0 Å². The molecule has 72 valence electrons. The van der Waals surface area contributed by atoms with Crippen LogP contribution in [0, 0.1) is 5.92 Å². The molecule has 6 heteroatoms. The van der Waals surface area contributed by atoms with Crippen molar-refractivity contribution in [3.8, 4) is 0 Å². The van der Waals surface area contributed by atoms with Gasteiger partial charge in [-0.15, -0.1) is 17.5 Å². The van der Waals surface area contributed by atoms with Gasteiger partial charge in [0.15, 0.2) is 0 Å². The summed E-state index contributed by atoms with van der Waals surface area (Å²) in [6, 6.07) is 0. The van der Waals surface area contributed by atoms with Gasteiger partial charge in [-0.3, -0.25) is 4.79 Å². The molecule has 0 aromatic carbocycles. The maximum atomic E-state index is 10.6. The summed E-state index contributed by atoms with van der Waals surface area (Å²) in [4.78, 5) is 10.6. The third-order valence-electron chi connectivity index (χ3n) is 2.19. The van der Waals surface area contributed by atoms with Crippen LogP contribution in [0.2, 0.25) is 0 Å². The molecule has 2 heterocycles. The second kappa shape index (κ2) is 3.74. The Morgan fingerprint density at radius 1 is 1.69 bits per heavy atom. The van der Waals surface area contributed by atoms with Crippen molar-refractivity contribution in [3.05, 3.63) is 11.9 Å². The van der Waals surface area contributed by atoms with Gasteiger partial charge in [-0.05, 0) is 6.42 Å². The molecule has 1 atom stereocenters. The zero-order valence-corrected chi connectivity index (χ0v) is 7.70. The summed E-state index contributed by atoms with van der Waals surface area (Å²) in [5.74, 6) is -0.974. The first-order valence-electron chi connectivity index (χ1n) is 3.87. The summed E-state index contributed by atoms with van der Waals surface area (Å²) in [5.41, 5.74) is 0.925. The Labute approximate surface area is 81.2 Å². The average molecular weight is 204 g/mol. The first kappa shape index (κ1) is 9.98. The number of aryl methyl sites for hydroxylation is 1. The standard InChI is InChI=1S/C7H9N3O2.ClH/c11-7(12)5-1-2-10-6(3-5)4-8-9-10;/h4-5H,1-3H2,(H,11,12);1H. The molecule has 0 saturated carbocycles. The van der Waals surface area contributed by atoms with E-state index in [-0.39, 0.29) is 18.3 Å². The minimum Gasteiger partial charge on any atom is -0.481 e. The summed E-state index contributed by atoms with van der Waals surface area (Å²) in [6.45, 7) is 0.673. The van der Waals surface area contributed by atoms with Gasteiger partial charge in [0.2, 0.25) is 0 Å². The molecule has 5 nitrogen and oxygen atoms in total. The van der Waals surface area contributed by atoms with Gasteiger partial charge in [-0.25, -0.2) is 4.68 Å². The average Bonchev–Trinajstić information content (AvgIpc) is 2.49. The van der Waals surface area contributed by atoms with Crippen LogP contribution in [-0.2, 0) is 17.8 Å². The Bertz CT molecular complexity index is 312. The first-order valence-corrected chi connectivity index (χ1v) is 3.87. The Balaban J connectivity index is 0.000000845. The molecule has 13 heavy (non-hydrogen) atoms. The second-order valence-corrected chi connectivity index (χ2v) is 2.98. The van der Waals surface area contributed by atoms with Crippen LogP contribution in [0.5, 0.6) is 0 Å². The van der Waals surface area contributed by atoms with E-state index in [1.807, 2.05) is 0 Å². The van der Waals surface area contributed by atoms with Crippen molar-refractivity contribution in [1.82, 2.24) is 15.0 Å². The first-order chi connectivity index (χ1) is 5.77. The molecule has 1 aliphatic heterocycles. The number of aromatic nitrogens is 3. The molecule has 0 fully saturated rings. The normalized spacial score (nSPS) is 20.2. The number of carboxylic acid groups (broad SMARTS) is 1. The number of aliphatic carboxylic acids is 1. The van der Waals surface area contributed by atoms with E-state index in [4.69, 9.17) is 5.11 Å². The number of rotatable bonds is 1. The van der Waals surface area contributed by atoms with E-state index in [2.05, 4.69) is 10.3 Å². The zero-order chi connectivity index (χ0) is 8.55. The lowest BCUT2D eigenvalue weighted by Gasteiger charge is -2.18. The van der Waals surface area contributed by atoms with Crippen molar-refractivity contribution >= 4 is 18.4 Å². The number of carbonyl (C=O) groups is 1. The smallest absolute Gasteiger partial charge is 0.306 e. The van der Waals surface area contributed by atoms with Crippen LogP contribution < -0.4 is 0 Å². The molecule has 1 N–H and O–H groups in total. The number of hydrogen-bond donors (Lipinski definition) is 1. The molecule has 0 amide bonds. The quantitative estimate of drug-likeness (QED) is 0.715. The van der Waals surface area contributed by atoms with Crippen molar-refractivity contribution < 1.29 is 9.90 Å². The number of carboxylic acids is 1. The summed E-state index contributed by atoms with van der Waals surface area (Å²) in [5, 5.41) is 16.3. The summed E-state index contributed by atoms with van der Waals surface area (Å²) < 4.78 is 1.76. The van der Waals surface area contributed by atoms with Gasteiger partial charge >= 0.3 is 5.97 Å². The van der Waals surface area contributed by atoms with Gasteiger partial charge in [0.05, 0.1) is 17.8 Å². The van der Waals surface area contributed by atoms with E-state index < -0.39 is 5.97 Å². The molecule has 0 spiro atoms. The van der Waals surface area contributed by atoms with Crippen LogP contribution in [-0.4, -0.2) is 26.1 Å². The molecule has 0 bridgehead atoms. The third-order valence-corrected chi connectivity index (χ3v) is 2.19. The van der Waals surface area contributed by atoms with Gasteiger partial charge in [0.1, 0.15) is 0 Å². The maximum absolute atomic E-state index is 10.6. The van der Waals surface area contributed by atoms with Gasteiger partial charge in [0, 0.05) is 13.0 Å². The van der Waals surface area contributed by atoms with Gasteiger partial charge < -0.3 is 5.11 Å². The maximum Gasteiger partial charge on any atom is 0.306 e. The predicted octanol–water partition coefficient (Wildman–Crippen LogP) is 0.347. The van der Waals surface area contributed by atoms with Gasteiger partial charge in [-0.1, -0.05) is 5.21 Å². The number of hydrogen-bond acceptors (Lipinski definition) is 3. The van der Waals surface area contributed by atoms with Crippen LogP contribution in [0.15, 0.2) is 6.20 Å². The molecule has 0 radical (unpaired) electrons. The van der Waals surface area contributed by atoms with E-state index >= 15 is 0 Å². The highest BCUT2D eigenvalue weighted by molar-refractivity contribution is 5.85. The summed E-state index contributed by atoms with van der Waals surface area (Å²) in [7, 11) is 0. The molecule has 1 aromatic rings. The van der Waals surface area contributed by atoms with Crippen LogP contribution in [0.3, 0.4) is 0 Å². The Kier molecular flexibility index (Phi) is 2.87. The fraction of sp³-hybridized carbons (Fsp3) is 0.571. The highest BCUT2D eigenvalue weighted by Gasteiger charge is 2.24. The Morgan fingerprint density at radius 2 is 2.46 bits per heavy atom. The minimum absolute atomic E-state index is 0. The van der Waals surface area contributed by atoms with Crippen LogP contribution in [0.25, 0.3) is 0 Å². The van der Waals surface area contributed by atoms with Crippen LogP contribution >= 0.6 is 12.4 Å². The number of fused-ring (bicyclic) bond motifs is 1. The van der Waals surface area contributed by atoms with E-state index in [0.717, 1.165) is 5.69 Å². The fourth-order valence-electron chi connectivity index (χ4n) is 1.47. The Morgan fingerprint density at radius 3 is 3.15 bits per heavy atom. The number of halogens is 1. The predicted molar refractivity (Wildman–Crippen MR) is 46.7 cm³/mol. The molecule has 0 saturated heterocycles. The molecular weight excluding hydrogens is 194 g/mol. The molecule has 1 aromatic heterocycles. The lowest BCUT2D eigenvalue weighted by Crippen LogP contribution is -2.25. The van der Waals surface area contributed by atoms with E-state index in [9.17, 15) is 4.79 Å². The lowest BCUT2D eigenvalue weighted by atomic mass is 9.97. The van der Waals surface area contributed by atoms with Gasteiger partial charge in [0.25, 0.3) is 0 Å². The summed E-state index contributed by atoms with van der Waals surface area (Å²) >= 11 is 0. The highest BCUT2D eigenvalue weighted by atomic mass is 35.5. The largest absolute Gasteiger partial charge is 0.481 e. The monoisotopic (exact) mass is 203 g/mol. The lowest BCUT2D eigenvalue weighted by molar-refractivity contribution is -0.142. The van der Waals surface area contributed by atoms with E-state index in [1.54, 1.807) is 10.9 Å². The Hall–Kier alpha value is -1.10. The van der Waals surface area contributed by atoms with E-state index in [1.165, 1.54) is 0 Å².